The van der Waals surface area contributed by atoms with Crippen molar-refractivity contribution in [1.82, 2.24) is 10.2 Å². The van der Waals surface area contributed by atoms with Crippen LogP contribution in [0.15, 0.2) is 48.5 Å². The van der Waals surface area contributed by atoms with Gasteiger partial charge in [0.1, 0.15) is 11.4 Å². The van der Waals surface area contributed by atoms with E-state index >= 15 is 0 Å². The minimum atomic E-state index is -4.42. The number of hydrogen-bond acceptors (Lipinski definition) is 3. The molecule has 1 N–H and O–H groups in total. The van der Waals surface area contributed by atoms with Crippen molar-refractivity contribution >= 4 is 5.91 Å². The molecular weight excluding hydrogens is 417 g/mol. The van der Waals surface area contributed by atoms with Gasteiger partial charge in [-0.2, -0.15) is 13.2 Å². The lowest BCUT2D eigenvalue weighted by Crippen LogP contribution is -2.51. The van der Waals surface area contributed by atoms with Gasteiger partial charge in [-0.05, 0) is 49.9 Å². The third-order valence-corrected chi connectivity index (χ3v) is 7.20. The number of carbonyl (C=O) groups is 1. The molecule has 7 heteroatoms. The van der Waals surface area contributed by atoms with Crippen LogP contribution in [0, 0.1) is 5.92 Å². The molecule has 170 valence electrons. The Labute approximate surface area is 185 Å². The molecule has 4 nitrogen and oxygen atoms in total. The van der Waals surface area contributed by atoms with Gasteiger partial charge in [-0.15, -0.1) is 0 Å². The summed E-state index contributed by atoms with van der Waals surface area (Å²) in [5.41, 5.74) is 0.213. The summed E-state index contributed by atoms with van der Waals surface area (Å²) < 4.78 is 46.7. The van der Waals surface area contributed by atoms with E-state index in [4.69, 9.17) is 4.74 Å². The number of fused-ring (bicyclic) bond motifs is 1. The van der Waals surface area contributed by atoms with Crippen molar-refractivity contribution in [2.75, 3.05) is 20.1 Å². The molecule has 1 aliphatic carbocycles. The molecule has 2 aliphatic heterocycles. The average molecular weight is 444 g/mol. The van der Waals surface area contributed by atoms with Crippen molar-refractivity contribution in [3.63, 3.8) is 0 Å². The lowest BCUT2D eigenvalue weighted by atomic mass is 9.80. The second-order valence-electron chi connectivity index (χ2n) is 9.43. The molecule has 3 atom stereocenters. The molecule has 3 aliphatic rings. The van der Waals surface area contributed by atoms with Crippen LogP contribution in [-0.2, 0) is 11.0 Å². The normalized spacial score (nSPS) is 26.8. The fourth-order valence-electron chi connectivity index (χ4n) is 5.26. The molecule has 1 spiro atoms. The van der Waals surface area contributed by atoms with Gasteiger partial charge in [-0.25, -0.2) is 0 Å². The van der Waals surface area contributed by atoms with Crippen molar-refractivity contribution in [3.8, 4) is 5.75 Å². The summed E-state index contributed by atoms with van der Waals surface area (Å²) in [6.07, 6.45) is -1.52. The number of piperidine rings is 1. The highest BCUT2D eigenvalue weighted by atomic mass is 19.4. The Kier molecular flexibility index (Phi) is 5.19. The van der Waals surface area contributed by atoms with Crippen LogP contribution in [0.2, 0.25) is 0 Å². The number of amides is 1. The van der Waals surface area contributed by atoms with E-state index < -0.39 is 17.7 Å². The maximum Gasteiger partial charge on any atom is 0.416 e. The summed E-state index contributed by atoms with van der Waals surface area (Å²) >= 11 is 0. The molecule has 1 amide bonds. The van der Waals surface area contributed by atoms with Gasteiger partial charge in [0.2, 0.25) is 5.91 Å². The molecule has 0 radical (unpaired) electrons. The Bertz CT molecular complexity index is 1010. The Morgan fingerprint density at radius 1 is 1.06 bits per heavy atom. The van der Waals surface area contributed by atoms with Crippen LogP contribution in [0.4, 0.5) is 13.2 Å². The second kappa shape index (κ2) is 7.80. The number of benzene rings is 2. The Hall–Kier alpha value is -2.54. The monoisotopic (exact) mass is 444 g/mol. The Morgan fingerprint density at radius 2 is 1.72 bits per heavy atom. The summed E-state index contributed by atoms with van der Waals surface area (Å²) in [6.45, 7) is 1.86. The number of ether oxygens (including phenoxy) is 1. The summed E-state index contributed by atoms with van der Waals surface area (Å²) in [7, 11) is 2.09. The topological polar surface area (TPSA) is 41.6 Å². The fourth-order valence-corrected chi connectivity index (χ4v) is 5.26. The van der Waals surface area contributed by atoms with Gasteiger partial charge in [0, 0.05) is 31.0 Å². The van der Waals surface area contributed by atoms with E-state index in [9.17, 15) is 18.0 Å². The highest BCUT2D eigenvalue weighted by molar-refractivity contribution is 5.83. The number of alkyl halides is 3. The van der Waals surface area contributed by atoms with Gasteiger partial charge >= 0.3 is 6.18 Å². The summed E-state index contributed by atoms with van der Waals surface area (Å²) in [5, 5.41) is 3.16. The zero-order valence-electron chi connectivity index (χ0n) is 18.0. The van der Waals surface area contributed by atoms with Crippen molar-refractivity contribution in [3.05, 3.63) is 65.2 Å². The number of rotatable bonds is 3. The highest BCUT2D eigenvalue weighted by Crippen LogP contribution is 2.52. The predicted molar refractivity (Wildman–Crippen MR) is 114 cm³/mol. The van der Waals surface area contributed by atoms with Gasteiger partial charge in [0.15, 0.2) is 0 Å². The zero-order chi connectivity index (χ0) is 22.5. The molecule has 2 aromatic carbocycles. The average Bonchev–Trinajstić information content (AvgIpc) is 3.57. The molecule has 32 heavy (non-hydrogen) atoms. The Morgan fingerprint density at radius 3 is 2.44 bits per heavy atom. The quantitative estimate of drug-likeness (QED) is 0.731. The number of hydrogen-bond donors (Lipinski definition) is 1. The van der Waals surface area contributed by atoms with Crippen LogP contribution in [-0.4, -0.2) is 36.5 Å². The number of likely N-dealkylation sites (tertiary alicyclic amines) is 1. The maximum absolute atomic E-state index is 13.4. The number of halogens is 3. The van der Waals surface area contributed by atoms with E-state index in [-0.39, 0.29) is 29.0 Å². The molecule has 0 aromatic heterocycles. The third-order valence-electron chi connectivity index (χ3n) is 7.20. The predicted octanol–water partition coefficient (Wildman–Crippen LogP) is 4.91. The maximum atomic E-state index is 13.4. The van der Waals surface area contributed by atoms with Gasteiger partial charge in [-0.1, -0.05) is 36.4 Å². The number of nitrogens with one attached hydrogen (secondary N) is 1. The fraction of sp³-hybridized carbons (Fsp3) is 0.480. The largest absolute Gasteiger partial charge is 0.487 e. The minimum absolute atomic E-state index is 0.170. The molecule has 1 saturated heterocycles. The first-order valence-corrected chi connectivity index (χ1v) is 11.2. The van der Waals surface area contributed by atoms with Crippen LogP contribution in [0.5, 0.6) is 5.75 Å². The first-order chi connectivity index (χ1) is 15.3. The molecule has 1 saturated carbocycles. The van der Waals surface area contributed by atoms with Crippen molar-refractivity contribution < 1.29 is 22.7 Å². The van der Waals surface area contributed by atoms with Crippen molar-refractivity contribution in [1.29, 1.82) is 0 Å². The lowest BCUT2D eigenvalue weighted by molar-refractivity contribution is -0.138. The smallest absolute Gasteiger partial charge is 0.416 e. The number of para-hydroxylation sites is 1. The molecule has 2 fully saturated rings. The lowest BCUT2D eigenvalue weighted by Gasteiger charge is -2.46. The molecule has 3 unspecified atom stereocenters. The highest BCUT2D eigenvalue weighted by Gasteiger charge is 2.49. The van der Waals surface area contributed by atoms with E-state index in [1.807, 2.05) is 24.3 Å². The molecule has 5 rings (SSSR count). The summed E-state index contributed by atoms with van der Waals surface area (Å²) in [4.78, 5) is 15.4. The molecule has 0 bridgehead atoms. The first-order valence-electron chi connectivity index (χ1n) is 11.2. The third kappa shape index (κ3) is 3.98. The van der Waals surface area contributed by atoms with E-state index in [1.54, 1.807) is 6.07 Å². The van der Waals surface area contributed by atoms with Gasteiger partial charge < -0.3 is 15.0 Å². The summed E-state index contributed by atoms with van der Waals surface area (Å²) in [6, 6.07) is 13.2. The van der Waals surface area contributed by atoms with E-state index in [2.05, 4.69) is 17.3 Å². The van der Waals surface area contributed by atoms with Gasteiger partial charge in [0.05, 0.1) is 11.6 Å². The molecular formula is C25H27F3N2O2. The second-order valence-corrected chi connectivity index (χ2v) is 9.43. The van der Waals surface area contributed by atoms with Gasteiger partial charge in [-0.3, -0.25) is 4.79 Å². The number of nitrogens with zero attached hydrogens (tertiary/aromatic N) is 1. The zero-order valence-corrected chi connectivity index (χ0v) is 18.0. The first kappa shape index (κ1) is 21.3. The molecule has 2 aromatic rings. The van der Waals surface area contributed by atoms with Crippen molar-refractivity contribution in [2.45, 2.75) is 49.4 Å². The SMILES string of the molecule is CN1CCC2(CC1)CC(NC(=O)C1CC1c1ccccc1C(F)(F)F)c1ccccc1O2. The van der Waals surface area contributed by atoms with Crippen LogP contribution >= 0.6 is 0 Å². The van der Waals surface area contributed by atoms with Gasteiger partial charge in [0.25, 0.3) is 0 Å². The van der Waals surface area contributed by atoms with Crippen molar-refractivity contribution in [2.24, 2.45) is 5.92 Å². The van der Waals surface area contributed by atoms with Crippen LogP contribution in [0.25, 0.3) is 0 Å². The van der Waals surface area contributed by atoms with E-state index in [0.29, 0.717) is 12.8 Å². The Balaban J connectivity index is 1.34. The standard InChI is InChI=1S/C25H27F3N2O2/c1-30-12-10-24(11-13-30)15-21(17-7-3-5-9-22(17)32-24)29-23(31)19-14-18(19)16-6-2-4-8-20(16)25(26,27)28/h2-9,18-19,21H,10-15H2,1H3,(H,29,31). The van der Waals surface area contributed by atoms with Crippen LogP contribution in [0.1, 0.15) is 54.3 Å². The van der Waals surface area contributed by atoms with Crippen LogP contribution < -0.4 is 10.1 Å². The van der Waals surface area contributed by atoms with Crippen LogP contribution in [0.3, 0.4) is 0 Å². The minimum Gasteiger partial charge on any atom is -0.487 e. The van der Waals surface area contributed by atoms with E-state index in [0.717, 1.165) is 43.3 Å². The molecule has 2 heterocycles. The summed E-state index contributed by atoms with van der Waals surface area (Å²) in [5.74, 6) is -0.192. The number of carbonyl (C=O) groups excluding carboxylic acids is 1. The van der Waals surface area contributed by atoms with E-state index in [1.165, 1.54) is 12.1 Å².